The first-order valence-electron chi connectivity index (χ1n) is 8.06. The Hall–Kier alpha value is -2.84. The van der Waals surface area contributed by atoms with Crippen molar-refractivity contribution in [1.29, 1.82) is 0 Å². The Balaban J connectivity index is 1.71. The van der Waals surface area contributed by atoms with Gasteiger partial charge in [0, 0.05) is 12.7 Å². The average molecular weight is 372 g/mol. The fourth-order valence-corrected chi connectivity index (χ4v) is 3.41. The highest BCUT2D eigenvalue weighted by atomic mass is 32.2. The molecule has 8 heteroatoms. The van der Waals surface area contributed by atoms with E-state index in [2.05, 4.69) is 9.82 Å². The minimum atomic E-state index is -3.70. The van der Waals surface area contributed by atoms with Crippen molar-refractivity contribution in [3.05, 3.63) is 66.5 Å². The number of anilines is 1. The summed E-state index contributed by atoms with van der Waals surface area (Å²) in [6, 6.07) is 13.9. The summed E-state index contributed by atoms with van der Waals surface area (Å²) < 4.78 is 34.8. The molecule has 3 aromatic rings. The van der Waals surface area contributed by atoms with Gasteiger partial charge in [-0.05, 0) is 48.9 Å². The van der Waals surface area contributed by atoms with Gasteiger partial charge in [0.2, 0.25) is 0 Å². The molecule has 0 aliphatic rings. The summed E-state index contributed by atoms with van der Waals surface area (Å²) in [4.78, 5) is 0.140. The smallest absolute Gasteiger partial charge is 0.261 e. The van der Waals surface area contributed by atoms with Gasteiger partial charge in [-0.15, -0.1) is 0 Å². The van der Waals surface area contributed by atoms with Crippen LogP contribution in [0, 0.1) is 6.92 Å². The van der Waals surface area contributed by atoms with E-state index in [1.807, 2.05) is 31.2 Å². The molecule has 0 bridgehead atoms. The van der Waals surface area contributed by atoms with Crippen LogP contribution in [-0.2, 0) is 16.6 Å². The van der Waals surface area contributed by atoms with Gasteiger partial charge in [0.15, 0.2) is 0 Å². The standard InChI is InChI=1S/C18H20N4O3S/c1-14-3-2-4-17(11-14)25-16-5-7-18(8-6-16)26(23,24)21-15-12-20-22(13-15)10-9-19/h2-8,11-13,21H,9-10,19H2,1H3. The zero-order chi connectivity index (χ0) is 18.6. The number of benzene rings is 2. The Morgan fingerprint density at radius 3 is 2.62 bits per heavy atom. The van der Waals surface area contributed by atoms with Gasteiger partial charge in [0.1, 0.15) is 11.5 Å². The van der Waals surface area contributed by atoms with Crippen molar-refractivity contribution in [3.8, 4) is 11.5 Å². The minimum absolute atomic E-state index is 0.140. The summed E-state index contributed by atoms with van der Waals surface area (Å²) in [5.41, 5.74) is 6.93. The topological polar surface area (TPSA) is 99.2 Å². The van der Waals surface area contributed by atoms with Crippen molar-refractivity contribution < 1.29 is 13.2 Å². The number of rotatable bonds is 7. The second-order valence-electron chi connectivity index (χ2n) is 5.78. The first-order valence-corrected chi connectivity index (χ1v) is 9.54. The lowest BCUT2D eigenvalue weighted by molar-refractivity contribution is 0.482. The van der Waals surface area contributed by atoms with E-state index >= 15 is 0 Å². The lowest BCUT2D eigenvalue weighted by atomic mass is 10.2. The average Bonchev–Trinajstić information content (AvgIpc) is 3.02. The lowest BCUT2D eigenvalue weighted by Crippen LogP contribution is -2.13. The third kappa shape index (κ3) is 4.41. The summed E-state index contributed by atoms with van der Waals surface area (Å²) in [6.07, 6.45) is 3.04. The lowest BCUT2D eigenvalue weighted by Gasteiger charge is -2.09. The summed E-state index contributed by atoms with van der Waals surface area (Å²) in [7, 11) is -3.70. The largest absolute Gasteiger partial charge is 0.457 e. The zero-order valence-electron chi connectivity index (χ0n) is 14.3. The second-order valence-corrected chi connectivity index (χ2v) is 7.46. The molecule has 0 aliphatic heterocycles. The molecule has 0 atom stereocenters. The number of nitrogens with one attached hydrogen (secondary N) is 1. The molecule has 136 valence electrons. The summed E-state index contributed by atoms with van der Waals surface area (Å²) >= 11 is 0. The molecule has 0 saturated carbocycles. The van der Waals surface area contributed by atoms with Crippen LogP contribution in [-0.4, -0.2) is 24.7 Å². The predicted octanol–water partition coefficient (Wildman–Crippen LogP) is 2.74. The summed E-state index contributed by atoms with van der Waals surface area (Å²) in [5.74, 6) is 1.26. The first kappa shape index (κ1) is 18.0. The van der Waals surface area contributed by atoms with Crippen molar-refractivity contribution in [1.82, 2.24) is 9.78 Å². The molecule has 2 aromatic carbocycles. The fraction of sp³-hybridized carbons (Fsp3) is 0.167. The van der Waals surface area contributed by atoms with Gasteiger partial charge < -0.3 is 10.5 Å². The monoisotopic (exact) mass is 372 g/mol. The van der Waals surface area contributed by atoms with Gasteiger partial charge in [0.25, 0.3) is 10.0 Å². The number of hydrogen-bond donors (Lipinski definition) is 2. The minimum Gasteiger partial charge on any atom is -0.457 e. The van der Waals surface area contributed by atoms with Crippen LogP contribution in [0.4, 0.5) is 5.69 Å². The van der Waals surface area contributed by atoms with Crippen LogP contribution in [0.15, 0.2) is 65.8 Å². The Labute approximate surface area is 152 Å². The van der Waals surface area contributed by atoms with E-state index in [4.69, 9.17) is 10.5 Å². The van der Waals surface area contributed by atoms with E-state index < -0.39 is 10.0 Å². The van der Waals surface area contributed by atoms with Crippen LogP contribution in [0.5, 0.6) is 11.5 Å². The molecule has 0 fully saturated rings. The Bertz CT molecular complexity index is 982. The van der Waals surface area contributed by atoms with Gasteiger partial charge in [0.05, 0.1) is 23.3 Å². The van der Waals surface area contributed by atoms with E-state index in [1.165, 1.54) is 18.3 Å². The number of hydrogen-bond acceptors (Lipinski definition) is 5. The molecule has 1 heterocycles. The van der Waals surface area contributed by atoms with E-state index in [0.717, 1.165) is 5.56 Å². The van der Waals surface area contributed by atoms with Gasteiger partial charge in [-0.2, -0.15) is 5.10 Å². The number of aromatic nitrogens is 2. The molecule has 0 spiro atoms. The zero-order valence-corrected chi connectivity index (χ0v) is 15.1. The number of ether oxygens (including phenoxy) is 1. The van der Waals surface area contributed by atoms with Crippen LogP contribution in [0.1, 0.15) is 5.56 Å². The van der Waals surface area contributed by atoms with E-state index in [9.17, 15) is 8.42 Å². The van der Waals surface area contributed by atoms with Crippen molar-refractivity contribution in [2.24, 2.45) is 5.73 Å². The number of sulfonamides is 1. The van der Waals surface area contributed by atoms with Crippen molar-refractivity contribution >= 4 is 15.7 Å². The third-order valence-corrected chi connectivity index (χ3v) is 5.00. The van der Waals surface area contributed by atoms with Gasteiger partial charge in [-0.1, -0.05) is 12.1 Å². The van der Waals surface area contributed by atoms with Crippen LogP contribution in [0.25, 0.3) is 0 Å². The number of aryl methyl sites for hydroxylation is 1. The SMILES string of the molecule is Cc1cccc(Oc2ccc(S(=O)(=O)Nc3cnn(CCN)c3)cc2)c1. The second kappa shape index (κ2) is 7.59. The molecule has 0 unspecified atom stereocenters. The van der Waals surface area contributed by atoms with Crippen molar-refractivity contribution in [3.63, 3.8) is 0 Å². The van der Waals surface area contributed by atoms with Crippen molar-refractivity contribution in [2.75, 3.05) is 11.3 Å². The molecule has 1 aromatic heterocycles. The molecule has 3 N–H and O–H groups in total. The maximum absolute atomic E-state index is 12.5. The summed E-state index contributed by atoms with van der Waals surface area (Å²) in [6.45, 7) is 2.92. The van der Waals surface area contributed by atoms with E-state index in [1.54, 1.807) is 23.0 Å². The van der Waals surface area contributed by atoms with Crippen LogP contribution >= 0.6 is 0 Å². The van der Waals surface area contributed by atoms with E-state index in [-0.39, 0.29) is 4.90 Å². The normalized spacial score (nSPS) is 11.3. The van der Waals surface area contributed by atoms with Crippen LogP contribution in [0.3, 0.4) is 0 Å². The van der Waals surface area contributed by atoms with Crippen LogP contribution in [0.2, 0.25) is 0 Å². The van der Waals surface area contributed by atoms with Crippen LogP contribution < -0.4 is 15.2 Å². The Kier molecular flexibility index (Phi) is 5.24. The molecule has 0 radical (unpaired) electrons. The quantitative estimate of drug-likeness (QED) is 0.664. The van der Waals surface area contributed by atoms with Gasteiger partial charge in [-0.25, -0.2) is 8.42 Å². The first-order chi connectivity index (χ1) is 12.5. The molecule has 7 nitrogen and oxygen atoms in total. The molecule has 26 heavy (non-hydrogen) atoms. The highest BCUT2D eigenvalue weighted by molar-refractivity contribution is 7.92. The third-order valence-electron chi connectivity index (χ3n) is 3.60. The fourth-order valence-electron chi connectivity index (χ4n) is 2.39. The molecular weight excluding hydrogens is 352 g/mol. The maximum atomic E-state index is 12.5. The molecule has 3 rings (SSSR count). The highest BCUT2D eigenvalue weighted by Gasteiger charge is 2.15. The Morgan fingerprint density at radius 2 is 1.92 bits per heavy atom. The maximum Gasteiger partial charge on any atom is 0.261 e. The molecule has 0 amide bonds. The van der Waals surface area contributed by atoms with Crippen molar-refractivity contribution in [2.45, 2.75) is 18.4 Å². The molecular formula is C18H20N4O3S. The van der Waals surface area contributed by atoms with Gasteiger partial charge in [-0.3, -0.25) is 9.40 Å². The number of nitrogens with two attached hydrogens (primary N) is 1. The molecule has 0 aliphatic carbocycles. The van der Waals surface area contributed by atoms with E-state index in [0.29, 0.717) is 30.3 Å². The van der Waals surface area contributed by atoms with Gasteiger partial charge >= 0.3 is 0 Å². The highest BCUT2D eigenvalue weighted by Crippen LogP contribution is 2.24. The predicted molar refractivity (Wildman–Crippen MR) is 99.8 cm³/mol. The summed E-state index contributed by atoms with van der Waals surface area (Å²) in [5, 5.41) is 4.04. The number of nitrogens with zero attached hydrogens (tertiary/aromatic N) is 2. The molecule has 0 saturated heterocycles. The Morgan fingerprint density at radius 1 is 1.15 bits per heavy atom.